The maximum atomic E-state index is 12.0. The Morgan fingerprint density at radius 2 is 1.57 bits per heavy atom. The SMILES string of the molecule is C=C(C)C1(CCC(=O)Cc2ccc(CC)cc2)CC1.CCc1ccccc1C. The van der Waals surface area contributed by atoms with Crippen LogP contribution in [0.25, 0.3) is 0 Å². The Balaban J connectivity index is 0.000000261. The van der Waals surface area contributed by atoms with Crippen molar-refractivity contribution < 1.29 is 4.79 Å². The second kappa shape index (κ2) is 10.4. The fraction of sp³-hybridized carbons (Fsp3) is 0.444. The van der Waals surface area contributed by atoms with Crippen LogP contribution in [0.4, 0.5) is 0 Å². The zero-order chi connectivity index (χ0) is 20.6. The minimum Gasteiger partial charge on any atom is -0.299 e. The minimum atomic E-state index is 0.307. The third kappa shape index (κ3) is 6.48. The average Bonchev–Trinajstić information content (AvgIpc) is 3.49. The highest BCUT2D eigenvalue weighted by Gasteiger charge is 2.42. The molecule has 0 amide bonds. The summed E-state index contributed by atoms with van der Waals surface area (Å²) in [7, 11) is 0. The molecule has 150 valence electrons. The molecule has 3 rings (SSSR count). The summed E-state index contributed by atoms with van der Waals surface area (Å²) < 4.78 is 0. The Hall–Kier alpha value is -2.15. The van der Waals surface area contributed by atoms with Crippen molar-refractivity contribution in [1.29, 1.82) is 0 Å². The molecule has 1 aliphatic rings. The number of hydrogen-bond acceptors (Lipinski definition) is 1. The quantitative estimate of drug-likeness (QED) is 0.451. The topological polar surface area (TPSA) is 17.1 Å². The molecule has 0 heterocycles. The number of ketones is 1. The van der Waals surface area contributed by atoms with Crippen LogP contribution in [0.2, 0.25) is 0 Å². The number of allylic oxidation sites excluding steroid dienone is 1. The van der Waals surface area contributed by atoms with Crippen molar-refractivity contribution in [2.75, 3.05) is 0 Å². The van der Waals surface area contributed by atoms with Gasteiger partial charge in [0, 0.05) is 12.8 Å². The van der Waals surface area contributed by atoms with Gasteiger partial charge in [-0.1, -0.05) is 74.5 Å². The van der Waals surface area contributed by atoms with Gasteiger partial charge in [-0.3, -0.25) is 4.79 Å². The molecular formula is C27H36O. The summed E-state index contributed by atoms with van der Waals surface area (Å²) in [5, 5.41) is 0. The lowest BCUT2D eigenvalue weighted by molar-refractivity contribution is -0.118. The van der Waals surface area contributed by atoms with Gasteiger partial charge in [0.05, 0.1) is 0 Å². The van der Waals surface area contributed by atoms with Gasteiger partial charge < -0.3 is 0 Å². The molecule has 2 aromatic rings. The molecule has 0 aliphatic heterocycles. The zero-order valence-electron chi connectivity index (χ0n) is 18.2. The van der Waals surface area contributed by atoms with E-state index < -0.39 is 0 Å². The van der Waals surface area contributed by atoms with E-state index in [-0.39, 0.29) is 0 Å². The van der Waals surface area contributed by atoms with Gasteiger partial charge in [0.1, 0.15) is 5.78 Å². The molecule has 1 heteroatoms. The Morgan fingerprint density at radius 1 is 0.964 bits per heavy atom. The highest BCUT2D eigenvalue weighted by atomic mass is 16.1. The summed E-state index contributed by atoms with van der Waals surface area (Å²) in [4.78, 5) is 12.0. The standard InChI is InChI=1S/C18H24O.C9H12/c1-4-15-5-7-16(8-6-15)13-17(19)9-10-18(11-12-18)14(2)3;1-3-9-7-5-4-6-8(9)2/h5-8H,2,4,9-13H2,1,3H3;4-7H,3H2,1-2H3. The third-order valence-electron chi connectivity index (χ3n) is 6.12. The Bertz CT molecular complexity index is 778. The molecule has 28 heavy (non-hydrogen) atoms. The number of carbonyl (C=O) groups is 1. The zero-order valence-corrected chi connectivity index (χ0v) is 18.2. The van der Waals surface area contributed by atoms with Gasteiger partial charge in [0.25, 0.3) is 0 Å². The van der Waals surface area contributed by atoms with E-state index >= 15 is 0 Å². The summed E-state index contributed by atoms with van der Waals surface area (Å²) in [5.41, 5.74) is 6.89. The molecule has 0 saturated heterocycles. The van der Waals surface area contributed by atoms with E-state index in [1.807, 2.05) is 0 Å². The van der Waals surface area contributed by atoms with Crippen LogP contribution < -0.4 is 0 Å². The molecule has 0 bridgehead atoms. The van der Waals surface area contributed by atoms with Crippen LogP contribution in [0.3, 0.4) is 0 Å². The van der Waals surface area contributed by atoms with Crippen LogP contribution in [0.1, 0.15) is 68.7 Å². The van der Waals surface area contributed by atoms with E-state index in [0.717, 1.165) is 24.8 Å². The number of aryl methyl sites for hydroxylation is 3. The average molecular weight is 377 g/mol. The Labute approximate surface area is 171 Å². The van der Waals surface area contributed by atoms with Crippen LogP contribution in [-0.4, -0.2) is 5.78 Å². The van der Waals surface area contributed by atoms with Crippen molar-refractivity contribution in [3.8, 4) is 0 Å². The molecule has 0 unspecified atom stereocenters. The lowest BCUT2D eigenvalue weighted by Gasteiger charge is -2.14. The van der Waals surface area contributed by atoms with Gasteiger partial charge in [-0.25, -0.2) is 0 Å². The molecule has 1 saturated carbocycles. The minimum absolute atomic E-state index is 0.307. The maximum Gasteiger partial charge on any atom is 0.137 e. The first kappa shape index (κ1) is 22.1. The normalized spacial score (nSPS) is 14.0. The third-order valence-corrected chi connectivity index (χ3v) is 6.12. The lowest BCUT2D eigenvalue weighted by atomic mass is 9.91. The highest BCUT2D eigenvalue weighted by molar-refractivity contribution is 5.81. The largest absolute Gasteiger partial charge is 0.299 e. The van der Waals surface area contributed by atoms with Gasteiger partial charge in [-0.2, -0.15) is 0 Å². The van der Waals surface area contributed by atoms with E-state index in [9.17, 15) is 4.79 Å². The van der Waals surface area contributed by atoms with Gasteiger partial charge >= 0.3 is 0 Å². The van der Waals surface area contributed by atoms with Gasteiger partial charge in [-0.05, 0) is 73.6 Å². The molecule has 1 nitrogen and oxygen atoms in total. The maximum absolute atomic E-state index is 12.0. The number of benzene rings is 2. The van der Waals surface area contributed by atoms with Gasteiger partial charge in [-0.15, -0.1) is 0 Å². The van der Waals surface area contributed by atoms with Crippen molar-refractivity contribution >= 4 is 5.78 Å². The van der Waals surface area contributed by atoms with Crippen LogP contribution in [0.5, 0.6) is 0 Å². The van der Waals surface area contributed by atoms with Crippen LogP contribution in [0.15, 0.2) is 60.7 Å². The first-order chi connectivity index (χ1) is 13.4. The summed E-state index contributed by atoms with van der Waals surface area (Å²) in [6.45, 7) is 12.6. The number of carbonyl (C=O) groups excluding carboxylic acids is 1. The summed E-state index contributed by atoms with van der Waals surface area (Å²) in [5.74, 6) is 0.358. The fourth-order valence-corrected chi connectivity index (χ4v) is 3.64. The van der Waals surface area contributed by atoms with E-state index in [1.165, 1.54) is 35.1 Å². The molecule has 0 radical (unpaired) electrons. The molecule has 0 N–H and O–H groups in total. The molecule has 1 aliphatic carbocycles. The first-order valence-corrected chi connectivity index (χ1v) is 10.7. The number of hydrogen-bond donors (Lipinski definition) is 0. The molecule has 1 fully saturated rings. The predicted molar refractivity (Wildman–Crippen MR) is 121 cm³/mol. The molecule has 2 aromatic carbocycles. The van der Waals surface area contributed by atoms with Crippen molar-refractivity contribution in [2.24, 2.45) is 5.41 Å². The van der Waals surface area contributed by atoms with E-state index in [1.54, 1.807) is 0 Å². The van der Waals surface area contributed by atoms with E-state index in [0.29, 0.717) is 24.0 Å². The predicted octanol–water partition coefficient (Wildman–Crippen LogP) is 7.05. The molecule has 0 aromatic heterocycles. The monoisotopic (exact) mass is 376 g/mol. The molecular weight excluding hydrogens is 340 g/mol. The van der Waals surface area contributed by atoms with Crippen molar-refractivity contribution in [3.05, 3.63) is 82.9 Å². The molecule has 0 spiro atoms. The number of rotatable bonds is 8. The van der Waals surface area contributed by atoms with Crippen LogP contribution in [-0.2, 0) is 24.1 Å². The van der Waals surface area contributed by atoms with Crippen molar-refractivity contribution in [2.45, 2.75) is 72.6 Å². The first-order valence-electron chi connectivity index (χ1n) is 10.7. The fourth-order valence-electron chi connectivity index (χ4n) is 3.64. The summed E-state index contributed by atoms with van der Waals surface area (Å²) in [6, 6.07) is 16.9. The van der Waals surface area contributed by atoms with Crippen LogP contribution in [0, 0.1) is 12.3 Å². The van der Waals surface area contributed by atoms with Crippen LogP contribution >= 0.6 is 0 Å². The Morgan fingerprint density at radius 3 is 2.04 bits per heavy atom. The highest BCUT2D eigenvalue weighted by Crippen LogP contribution is 2.54. The lowest BCUT2D eigenvalue weighted by Crippen LogP contribution is -2.08. The van der Waals surface area contributed by atoms with Gasteiger partial charge in [0.15, 0.2) is 0 Å². The number of Topliss-reactive ketones (excluding diaryl/α,β-unsaturated/α-hetero) is 1. The molecule has 0 atom stereocenters. The van der Waals surface area contributed by atoms with E-state index in [2.05, 4.69) is 82.8 Å². The van der Waals surface area contributed by atoms with Crippen molar-refractivity contribution in [3.63, 3.8) is 0 Å². The second-order valence-corrected chi connectivity index (χ2v) is 8.23. The van der Waals surface area contributed by atoms with E-state index in [4.69, 9.17) is 0 Å². The summed E-state index contributed by atoms with van der Waals surface area (Å²) in [6.07, 6.45) is 6.91. The smallest absolute Gasteiger partial charge is 0.137 e. The van der Waals surface area contributed by atoms with Crippen molar-refractivity contribution in [1.82, 2.24) is 0 Å². The second-order valence-electron chi connectivity index (χ2n) is 8.23. The Kier molecular flexibility index (Phi) is 8.23. The summed E-state index contributed by atoms with van der Waals surface area (Å²) >= 11 is 0. The van der Waals surface area contributed by atoms with Gasteiger partial charge in [0.2, 0.25) is 0 Å².